The molecule has 0 unspecified atom stereocenters. The van der Waals surface area contributed by atoms with Crippen molar-refractivity contribution in [2.24, 2.45) is 0 Å². The van der Waals surface area contributed by atoms with Crippen molar-refractivity contribution < 1.29 is 28.6 Å². The SMILES string of the molecule is COc1cccc(C(=O)NC2(C(=O)O)CCOCC2)c1F. The zero-order valence-electron chi connectivity index (χ0n) is 11.5. The molecule has 0 spiro atoms. The van der Waals surface area contributed by atoms with Gasteiger partial charge in [0, 0.05) is 26.1 Å². The summed E-state index contributed by atoms with van der Waals surface area (Å²) in [5.41, 5.74) is -1.67. The lowest BCUT2D eigenvalue weighted by Crippen LogP contribution is -2.57. The maximum absolute atomic E-state index is 14.0. The molecule has 1 amide bonds. The van der Waals surface area contributed by atoms with Crippen LogP contribution in [0.4, 0.5) is 4.39 Å². The summed E-state index contributed by atoms with van der Waals surface area (Å²) < 4.78 is 24.0. The van der Waals surface area contributed by atoms with Gasteiger partial charge in [0.1, 0.15) is 5.54 Å². The Morgan fingerprint density at radius 1 is 1.38 bits per heavy atom. The lowest BCUT2D eigenvalue weighted by atomic mass is 9.89. The topological polar surface area (TPSA) is 84.9 Å². The van der Waals surface area contributed by atoms with Crippen molar-refractivity contribution in [1.82, 2.24) is 5.32 Å². The van der Waals surface area contributed by atoms with Gasteiger partial charge in [-0.05, 0) is 12.1 Å². The first-order valence-corrected chi connectivity index (χ1v) is 6.46. The Kier molecular flexibility index (Phi) is 4.42. The third-order valence-corrected chi connectivity index (χ3v) is 3.54. The third kappa shape index (κ3) is 2.97. The largest absolute Gasteiger partial charge is 0.494 e. The lowest BCUT2D eigenvalue weighted by Gasteiger charge is -2.33. The van der Waals surface area contributed by atoms with E-state index in [1.54, 1.807) is 0 Å². The van der Waals surface area contributed by atoms with Crippen LogP contribution in [-0.4, -0.2) is 42.8 Å². The van der Waals surface area contributed by atoms with Gasteiger partial charge >= 0.3 is 5.97 Å². The van der Waals surface area contributed by atoms with E-state index in [9.17, 15) is 19.1 Å². The molecule has 1 aliphatic heterocycles. The first-order valence-electron chi connectivity index (χ1n) is 6.46. The van der Waals surface area contributed by atoms with Gasteiger partial charge in [-0.1, -0.05) is 6.07 Å². The first-order chi connectivity index (χ1) is 10.00. The second-order valence-corrected chi connectivity index (χ2v) is 4.78. The molecule has 0 radical (unpaired) electrons. The Morgan fingerprint density at radius 2 is 2.05 bits per heavy atom. The predicted molar refractivity (Wildman–Crippen MR) is 70.8 cm³/mol. The molecule has 0 saturated carbocycles. The fourth-order valence-electron chi connectivity index (χ4n) is 2.24. The molecule has 0 aliphatic carbocycles. The van der Waals surface area contributed by atoms with Gasteiger partial charge in [-0.3, -0.25) is 4.79 Å². The minimum Gasteiger partial charge on any atom is -0.494 e. The molecule has 1 fully saturated rings. The molecule has 2 N–H and O–H groups in total. The molecule has 21 heavy (non-hydrogen) atoms. The smallest absolute Gasteiger partial charge is 0.329 e. The minimum absolute atomic E-state index is 0.0704. The van der Waals surface area contributed by atoms with Crippen molar-refractivity contribution in [3.05, 3.63) is 29.6 Å². The van der Waals surface area contributed by atoms with E-state index in [1.165, 1.54) is 25.3 Å². The van der Waals surface area contributed by atoms with Gasteiger partial charge in [0.15, 0.2) is 11.6 Å². The summed E-state index contributed by atoms with van der Waals surface area (Å²) in [5, 5.41) is 11.8. The van der Waals surface area contributed by atoms with Gasteiger partial charge in [-0.2, -0.15) is 0 Å². The van der Waals surface area contributed by atoms with Crippen molar-refractivity contribution in [2.45, 2.75) is 18.4 Å². The Labute approximate surface area is 120 Å². The number of carbonyl (C=O) groups excluding carboxylic acids is 1. The summed E-state index contributed by atoms with van der Waals surface area (Å²) >= 11 is 0. The summed E-state index contributed by atoms with van der Waals surface area (Å²) in [4.78, 5) is 23.7. The van der Waals surface area contributed by atoms with Crippen LogP contribution >= 0.6 is 0 Å². The molecular weight excluding hydrogens is 281 g/mol. The van der Waals surface area contributed by atoms with E-state index in [-0.39, 0.29) is 37.4 Å². The van der Waals surface area contributed by atoms with Crippen LogP contribution in [0.3, 0.4) is 0 Å². The average Bonchev–Trinajstić information content (AvgIpc) is 2.48. The molecule has 0 atom stereocenters. The highest BCUT2D eigenvalue weighted by atomic mass is 19.1. The molecule has 1 saturated heterocycles. The van der Waals surface area contributed by atoms with E-state index >= 15 is 0 Å². The Bertz CT molecular complexity index is 554. The van der Waals surface area contributed by atoms with Gasteiger partial charge in [-0.25, -0.2) is 9.18 Å². The van der Waals surface area contributed by atoms with Crippen LogP contribution in [-0.2, 0) is 9.53 Å². The quantitative estimate of drug-likeness (QED) is 0.872. The van der Waals surface area contributed by atoms with Gasteiger partial charge in [-0.15, -0.1) is 0 Å². The fourth-order valence-corrected chi connectivity index (χ4v) is 2.24. The summed E-state index contributed by atoms with van der Waals surface area (Å²) in [5.74, 6) is -2.82. The van der Waals surface area contributed by atoms with E-state index in [2.05, 4.69) is 5.32 Å². The number of methoxy groups -OCH3 is 1. The van der Waals surface area contributed by atoms with Crippen molar-refractivity contribution in [1.29, 1.82) is 0 Å². The number of carboxylic acids is 1. The summed E-state index contributed by atoms with van der Waals surface area (Å²) in [6.07, 6.45) is 0.277. The number of nitrogens with one attached hydrogen (secondary N) is 1. The summed E-state index contributed by atoms with van der Waals surface area (Å²) in [6, 6.07) is 4.13. The normalized spacial score (nSPS) is 17.0. The predicted octanol–water partition coefficient (Wildman–Crippen LogP) is 1.20. The molecule has 0 bridgehead atoms. The molecule has 7 heteroatoms. The van der Waals surface area contributed by atoms with Crippen molar-refractivity contribution in [3.8, 4) is 5.75 Å². The minimum atomic E-state index is -1.43. The molecule has 1 aliphatic rings. The van der Waals surface area contributed by atoms with Crippen LogP contribution < -0.4 is 10.1 Å². The van der Waals surface area contributed by atoms with Crippen LogP contribution in [0, 0.1) is 5.82 Å². The highest BCUT2D eigenvalue weighted by Gasteiger charge is 2.42. The standard InChI is InChI=1S/C14H16FNO5/c1-20-10-4-2-3-9(11(10)15)12(17)16-14(13(18)19)5-7-21-8-6-14/h2-4H,5-8H2,1H3,(H,16,17)(H,18,19). The van der Waals surface area contributed by atoms with Crippen LogP contribution in [0.2, 0.25) is 0 Å². The Balaban J connectivity index is 2.26. The molecule has 1 aromatic rings. The van der Waals surface area contributed by atoms with Crippen molar-refractivity contribution in [3.63, 3.8) is 0 Å². The highest BCUT2D eigenvalue weighted by molar-refractivity contribution is 5.98. The van der Waals surface area contributed by atoms with Gasteiger partial charge in [0.25, 0.3) is 5.91 Å². The summed E-state index contributed by atoms with van der Waals surface area (Å²) in [6.45, 7) is 0.459. The van der Waals surface area contributed by atoms with E-state index in [1.807, 2.05) is 0 Å². The van der Waals surface area contributed by atoms with E-state index in [4.69, 9.17) is 9.47 Å². The maximum atomic E-state index is 14.0. The number of aliphatic carboxylic acids is 1. The van der Waals surface area contributed by atoms with Crippen molar-refractivity contribution >= 4 is 11.9 Å². The van der Waals surface area contributed by atoms with E-state index in [0.29, 0.717) is 0 Å². The van der Waals surface area contributed by atoms with Crippen molar-refractivity contribution in [2.75, 3.05) is 20.3 Å². The third-order valence-electron chi connectivity index (χ3n) is 3.54. The highest BCUT2D eigenvalue weighted by Crippen LogP contribution is 2.24. The number of hydrogen-bond donors (Lipinski definition) is 2. The van der Waals surface area contributed by atoms with Crippen LogP contribution in [0.15, 0.2) is 18.2 Å². The van der Waals surface area contributed by atoms with E-state index in [0.717, 1.165) is 0 Å². The lowest BCUT2D eigenvalue weighted by molar-refractivity contribution is -0.148. The number of carboxylic acid groups (broad SMARTS) is 1. The molecule has 2 rings (SSSR count). The van der Waals surface area contributed by atoms with E-state index < -0.39 is 23.2 Å². The molecule has 0 aromatic heterocycles. The second-order valence-electron chi connectivity index (χ2n) is 4.78. The Morgan fingerprint density at radius 3 is 2.62 bits per heavy atom. The number of hydrogen-bond acceptors (Lipinski definition) is 4. The first kappa shape index (κ1) is 15.2. The zero-order chi connectivity index (χ0) is 15.5. The Hall–Kier alpha value is -2.15. The van der Waals surface area contributed by atoms with Crippen LogP contribution in [0.5, 0.6) is 5.75 Å². The molecule has 1 heterocycles. The number of rotatable bonds is 4. The van der Waals surface area contributed by atoms with Crippen LogP contribution in [0.1, 0.15) is 23.2 Å². The number of ether oxygens (including phenoxy) is 2. The number of carbonyl (C=O) groups is 2. The van der Waals surface area contributed by atoms with Gasteiger partial charge in [0.05, 0.1) is 12.7 Å². The average molecular weight is 297 g/mol. The maximum Gasteiger partial charge on any atom is 0.329 e. The fraction of sp³-hybridized carbons (Fsp3) is 0.429. The zero-order valence-corrected chi connectivity index (χ0v) is 11.5. The second kappa shape index (κ2) is 6.09. The monoisotopic (exact) mass is 297 g/mol. The molecule has 6 nitrogen and oxygen atoms in total. The molecule has 1 aromatic carbocycles. The molecular formula is C14H16FNO5. The number of halogens is 1. The van der Waals surface area contributed by atoms with Gasteiger partial charge < -0.3 is 19.9 Å². The molecule has 114 valence electrons. The number of amides is 1. The summed E-state index contributed by atoms with van der Waals surface area (Å²) in [7, 11) is 1.29. The van der Waals surface area contributed by atoms with Crippen LogP contribution in [0.25, 0.3) is 0 Å². The number of benzene rings is 1. The van der Waals surface area contributed by atoms with Gasteiger partial charge in [0.2, 0.25) is 0 Å².